The Labute approximate surface area is 136 Å². The molecule has 0 fully saturated rings. The van der Waals surface area contributed by atoms with Crippen LogP contribution in [0, 0.1) is 12.7 Å². The number of halogens is 1. The molecule has 0 aliphatic heterocycles. The third-order valence-electron chi connectivity index (χ3n) is 3.43. The van der Waals surface area contributed by atoms with Crippen LogP contribution < -0.4 is 10.1 Å². The second-order valence-electron chi connectivity index (χ2n) is 6.59. The molecule has 23 heavy (non-hydrogen) atoms. The zero-order chi connectivity index (χ0) is 17.0. The van der Waals surface area contributed by atoms with E-state index in [9.17, 15) is 9.18 Å². The van der Waals surface area contributed by atoms with Gasteiger partial charge in [-0.2, -0.15) is 0 Å². The fraction of sp³-hybridized carbons (Fsp3) is 0.316. The quantitative estimate of drug-likeness (QED) is 0.905. The van der Waals surface area contributed by atoms with Gasteiger partial charge < -0.3 is 10.1 Å². The van der Waals surface area contributed by atoms with Crippen molar-refractivity contribution in [3.05, 3.63) is 59.4 Å². The smallest absolute Gasteiger partial charge is 0.262 e. The van der Waals surface area contributed by atoms with Crippen LogP contribution in [0.15, 0.2) is 42.5 Å². The van der Waals surface area contributed by atoms with Crippen molar-refractivity contribution in [2.75, 3.05) is 11.9 Å². The maximum absolute atomic E-state index is 12.9. The van der Waals surface area contributed by atoms with Crippen molar-refractivity contribution >= 4 is 11.6 Å². The van der Waals surface area contributed by atoms with E-state index in [1.54, 1.807) is 0 Å². The van der Waals surface area contributed by atoms with Gasteiger partial charge in [-0.3, -0.25) is 4.79 Å². The Bertz CT molecular complexity index is 688. The number of carbonyl (C=O) groups is 1. The molecule has 2 aromatic carbocycles. The minimum absolute atomic E-state index is 0.0729. The largest absolute Gasteiger partial charge is 0.483 e. The van der Waals surface area contributed by atoms with Crippen LogP contribution in [0.1, 0.15) is 31.9 Å². The average molecular weight is 315 g/mol. The fourth-order valence-corrected chi connectivity index (χ4v) is 2.24. The van der Waals surface area contributed by atoms with Crippen molar-refractivity contribution in [2.24, 2.45) is 0 Å². The van der Waals surface area contributed by atoms with E-state index in [0.717, 1.165) is 11.1 Å². The highest BCUT2D eigenvalue weighted by molar-refractivity contribution is 5.91. The molecule has 0 atom stereocenters. The summed E-state index contributed by atoms with van der Waals surface area (Å²) in [5.74, 6) is 0.0959. The first-order valence-corrected chi connectivity index (χ1v) is 7.55. The van der Waals surface area contributed by atoms with Crippen molar-refractivity contribution in [2.45, 2.75) is 33.1 Å². The van der Waals surface area contributed by atoms with Crippen LogP contribution in [0.25, 0.3) is 0 Å². The van der Waals surface area contributed by atoms with Gasteiger partial charge in [-0.25, -0.2) is 4.39 Å². The predicted molar refractivity (Wildman–Crippen MR) is 90.4 cm³/mol. The Kier molecular flexibility index (Phi) is 5.04. The van der Waals surface area contributed by atoms with E-state index in [4.69, 9.17) is 4.74 Å². The van der Waals surface area contributed by atoms with E-state index in [-0.39, 0.29) is 23.7 Å². The highest BCUT2D eigenvalue weighted by Crippen LogP contribution is 2.32. The van der Waals surface area contributed by atoms with Gasteiger partial charge in [-0.15, -0.1) is 0 Å². The number of aryl methyl sites for hydroxylation is 1. The molecule has 1 amide bonds. The highest BCUT2D eigenvalue weighted by Gasteiger charge is 2.19. The van der Waals surface area contributed by atoms with Crippen molar-refractivity contribution < 1.29 is 13.9 Å². The molecule has 4 heteroatoms. The van der Waals surface area contributed by atoms with E-state index < -0.39 is 0 Å². The van der Waals surface area contributed by atoms with Crippen LogP contribution in [0.5, 0.6) is 5.75 Å². The Morgan fingerprint density at radius 1 is 1.13 bits per heavy atom. The molecular weight excluding hydrogens is 293 g/mol. The molecule has 0 saturated heterocycles. The number of carbonyl (C=O) groups excluding carboxylic acids is 1. The van der Waals surface area contributed by atoms with Crippen molar-refractivity contribution in [1.29, 1.82) is 0 Å². The number of rotatable bonds is 4. The van der Waals surface area contributed by atoms with Crippen LogP contribution in [0.3, 0.4) is 0 Å². The molecule has 0 unspecified atom stereocenters. The van der Waals surface area contributed by atoms with E-state index >= 15 is 0 Å². The average Bonchev–Trinajstić information content (AvgIpc) is 2.46. The lowest BCUT2D eigenvalue weighted by molar-refractivity contribution is -0.118. The molecular formula is C19H22FNO2. The Hall–Kier alpha value is -2.36. The number of hydrogen-bond donors (Lipinski definition) is 1. The summed E-state index contributed by atoms with van der Waals surface area (Å²) < 4.78 is 18.6. The summed E-state index contributed by atoms with van der Waals surface area (Å²) in [5, 5.41) is 2.68. The maximum Gasteiger partial charge on any atom is 0.262 e. The number of ether oxygens (including phenoxy) is 1. The summed E-state index contributed by atoms with van der Waals surface area (Å²) in [5.41, 5.74) is 2.60. The molecule has 0 spiro atoms. The molecule has 0 bridgehead atoms. The minimum Gasteiger partial charge on any atom is -0.483 e. The molecule has 0 aliphatic rings. The lowest BCUT2D eigenvalue weighted by Gasteiger charge is -2.23. The topological polar surface area (TPSA) is 38.3 Å². The molecule has 2 aromatic rings. The van der Waals surface area contributed by atoms with Gasteiger partial charge in [0, 0.05) is 5.69 Å². The molecule has 0 heterocycles. The zero-order valence-electron chi connectivity index (χ0n) is 13.9. The first-order valence-electron chi connectivity index (χ1n) is 7.55. The lowest BCUT2D eigenvalue weighted by atomic mass is 9.86. The van der Waals surface area contributed by atoms with Gasteiger partial charge in [0.2, 0.25) is 0 Å². The molecule has 2 rings (SSSR count). The van der Waals surface area contributed by atoms with E-state index in [0.29, 0.717) is 11.4 Å². The van der Waals surface area contributed by atoms with E-state index in [1.807, 2.05) is 25.1 Å². The highest BCUT2D eigenvalue weighted by atomic mass is 19.1. The number of amides is 1. The second-order valence-corrected chi connectivity index (χ2v) is 6.59. The van der Waals surface area contributed by atoms with Gasteiger partial charge in [0.25, 0.3) is 5.91 Å². The summed E-state index contributed by atoms with van der Waals surface area (Å²) in [4.78, 5) is 12.0. The maximum atomic E-state index is 12.9. The molecule has 1 N–H and O–H groups in total. The van der Waals surface area contributed by atoms with Gasteiger partial charge in [-0.1, -0.05) is 32.9 Å². The number of hydrogen-bond acceptors (Lipinski definition) is 2. The SMILES string of the molecule is Cc1ccc(C(C)(C)C)c(OCC(=O)Nc2ccc(F)cc2)c1. The van der Waals surface area contributed by atoms with Crippen LogP contribution in [-0.4, -0.2) is 12.5 Å². The van der Waals surface area contributed by atoms with Crippen LogP contribution in [-0.2, 0) is 10.2 Å². The third-order valence-corrected chi connectivity index (χ3v) is 3.43. The fourth-order valence-electron chi connectivity index (χ4n) is 2.24. The number of anilines is 1. The van der Waals surface area contributed by atoms with Crippen LogP contribution in [0.4, 0.5) is 10.1 Å². The molecule has 0 radical (unpaired) electrons. The number of nitrogens with one attached hydrogen (secondary N) is 1. The Morgan fingerprint density at radius 2 is 1.78 bits per heavy atom. The van der Waals surface area contributed by atoms with E-state index in [2.05, 4.69) is 26.1 Å². The van der Waals surface area contributed by atoms with Crippen LogP contribution in [0.2, 0.25) is 0 Å². The zero-order valence-corrected chi connectivity index (χ0v) is 13.9. The molecule has 122 valence electrons. The minimum atomic E-state index is -0.339. The van der Waals surface area contributed by atoms with Crippen molar-refractivity contribution in [3.8, 4) is 5.75 Å². The molecule has 0 aliphatic carbocycles. The van der Waals surface area contributed by atoms with Gasteiger partial charge in [0.05, 0.1) is 0 Å². The Morgan fingerprint density at radius 3 is 2.39 bits per heavy atom. The molecule has 3 nitrogen and oxygen atoms in total. The van der Waals surface area contributed by atoms with Gasteiger partial charge in [0.15, 0.2) is 6.61 Å². The third kappa shape index (κ3) is 4.81. The normalized spacial score (nSPS) is 11.2. The van der Waals surface area contributed by atoms with Crippen molar-refractivity contribution in [3.63, 3.8) is 0 Å². The second kappa shape index (κ2) is 6.82. The van der Waals surface area contributed by atoms with Gasteiger partial charge in [-0.05, 0) is 53.8 Å². The summed E-state index contributed by atoms with van der Waals surface area (Å²) in [7, 11) is 0. The monoisotopic (exact) mass is 315 g/mol. The molecule has 0 saturated carbocycles. The Balaban J connectivity index is 2.04. The van der Waals surface area contributed by atoms with Crippen LogP contribution >= 0.6 is 0 Å². The summed E-state index contributed by atoms with van der Waals surface area (Å²) in [6.07, 6.45) is 0. The first-order chi connectivity index (χ1) is 10.8. The van der Waals surface area contributed by atoms with Gasteiger partial charge in [0.1, 0.15) is 11.6 Å². The summed E-state index contributed by atoms with van der Waals surface area (Å²) in [6.45, 7) is 8.19. The first kappa shape index (κ1) is 17.0. The standard InChI is InChI=1S/C19H22FNO2/c1-13-5-10-16(19(2,3)4)17(11-13)23-12-18(22)21-15-8-6-14(20)7-9-15/h5-11H,12H2,1-4H3,(H,21,22). The van der Waals surface area contributed by atoms with Gasteiger partial charge >= 0.3 is 0 Å². The van der Waals surface area contributed by atoms with Crippen molar-refractivity contribution in [1.82, 2.24) is 0 Å². The molecule has 0 aromatic heterocycles. The lowest BCUT2D eigenvalue weighted by Crippen LogP contribution is -2.22. The predicted octanol–water partition coefficient (Wildman–Crippen LogP) is 4.45. The summed E-state index contributed by atoms with van der Waals surface area (Å²) >= 11 is 0. The van der Waals surface area contributed by atoms with E-state index in [1.165, 1.54) is 24.3 Å². The number of benzene rings is 2. The summed E-state index contributed by atoms with van der Waals surface area (Å²) in [6, 6.07) is 11.6.